The van der Waals surface area contributed by atoms with Gasteiger partial charge in [-0.1, -0.05) is 36.4 Å². The van der Waals surface area contributed by atoms with E-state index in [0.717, 1.165) is 57.8 Å². The molecule has 0 aromatic heterocycles. The van der Waals surface area contributed by atoms with Crippen molar-refractivity contribution in [2.45, 2.75) is 45.2 Å². The number of phenolic OH excluding ortho intramolecular Hbond substituents is 1. The number of aryl methyl sites for hydroxylation is 2. The van der Waals surface area contributed by atoms with Gasteiger partial charge in [0.1, 0.15) is 5.75 Å². The van der Waals surface area contributed by atoms with E-state index in [1.807, 2.05) is 19.2 Å². The zero-order chi connectivity index (χ0) is 20.5. The second-order valence-electron chi connectivity index (χ2n) is 7.89. The van der Waals surface area contributed by atoms with Gasteiger partial charge in [0.25, 0.3) is 0 Å². The summed E-state index contributed by atoms with van der Waals surface area (Å²) in [5.74, 6) is 1.22. The number of nitrogens with one attached hydrogen (secondary N) is 2. The van der Waals surface area contributed by atoms with Crippen LogP contribution >= 0.6 is 24.0 Å². The second-order valence-corrected chi connectivity index (χ2v) is 7.89. The zero-order valence-electron chi connectivity index (χ0n) is 18.1. The summed E-state index contributed by atoms with van der Waals surface area (Å²) >= 11 is 0. The van der Waals surface area contributed by atoms with Gasteiger partial charge in [-0.15, -0.1) is 24.0 Å². The van der Waals surface area contributed by atoms with Crippen LogP contribution in [0.1, 0.15) is 36.0 Å². The van der Waals surface area contributed by atoms with Crippen LogP contribution in [0.15, 0.2) is 53.5 Å². The highest BCUT2D eigenvalue weighted by atomic mass is 127. The lowest BCUT2D eigenvalue weighted by Crippen LogP contribution is -2.48. The summed E-state index contributed by atoms with van der Waals surface area (Å²) in [6.45, 7) is 6.35. The molecule has 0 amide bonds. The van der Waals surface area contributed by atoms with Crippen molar-refractivity contribution >= 4 is 29.9 Å². The van der Waals surface area contributed by atoms with E-state index in [9.17, 15) is 5.11 Å². The van der Waals surface area contributed by atoms with E-state index in [4.69, 9.17) is 0 Å². The van der Waals surface area contributed by atoms with Crippen LogP contribution in [0.3, 0.4) is 0 Å². The number of benzene rings is 2. The monoisotopic (exact) mass is 522 g/mol. The molecule has 164 valence electrons. The van der Waals surface area contributed by atoms with Gasteiger partial charge in [-0.2, -0.15) is 0 Å². The molecule has 0 spiro atoms. The van der Waals surface area contributed by atoms with Gasteiger partial charge in [0.05, 0.1) is 0 Å². The largest absolute Gasteiger partial charge is 0.508 e. The third kappa shape index (κ3) is 7.80. The molecule has 2 aromatic carbocycles. The fraction of sp³-hybridized carbons (Fsp3) is 0.458. The summed E-state index contributed by atoms with van der Waals surface area (Å²) in [6, 6.07) is 16.6. The van der Waals surface area contributed by atoms with Gasteiger partial charge < -0.3 is 15.7 Å². The number of halogens is 1. The van der Waals surface area contributed by atoms with Gasteiger partial charge >= 0.3 is 0 Å². The molecular formula is C24H35IN4O. The van der Waals surface area contributed by atoms with Gasteiger partial charge in [-0.05, 0) is 61.4 Å². The Kier molecular flexibility index (Phi) is 10.4. The summed E-state index contributed by atoms with van der Waals surface area (Å²) < 4.78 is 0. The Hall–Kier alpha value is -1.80. The SMILES string of the molecule is CN=C(NCCCc1ccc(O)cc1)NC1CCN(Cc2ccccc2C)CC1.I. The van der Waals surface area contributed by atoms with Gasteiger partial charge in [0, 0.05) is 39.3 Å². The minimum absolute atomic E-state index is 0. The lowest BCUT2D eigenvalue weighted by molar-refractivity contribution is 0.198. The maximum absolute atomic E-state index is 9.35. The molecule has 0 saturated carbocycles. The Morgan fingerprint density at radius 1 is 1.10 bits per heavy atom. The van der Waals surface area contributed by atoms with Crippen LogP contribution in [-0.2, 0) is 13.0 Å². The van der Waals surface area contributed by atoms with Crippen LogP contribution in [0.2, 0.25) is 0 Å². The third-order valence-corrected chi connectivity index (χ3v) is 5.68. The molecule has 1 aliphatic heterocycles. The number of rotatable bonds is 7. The smallest absolute Gasteiger partial charge is 0.191 e. The van der Waals surface area contributed by atoms with E-state index in [-0.39, 0.29) is 24.0 Å². The van der Waals surface area contributed by atoms with Crippen molar-refractivity contribution in [1.29, 1.82) is 0 Å². The van der Waals surface area contributed by atoms with Crippen LogP contribution in [0, 0.1) is 6.92 Å². The molecule has 3 rings (SSSR count). The van der Waals surface area contributed by atoms with E-state index in [1.54, 1.807) is 12.1 Å². The number of hydrogen-bond donors (Lipinski definition) is 3. The molecule has 0 bridgehead atoms. The Labute approximate surface area is 198 Å². The number of guanidine groups is 1. The number of aliphatic imine (C=N–C) groups is 1. The van der Waals surface area contributed by atoms with Crippen molar-refractivity contribution < 1.29 is 5.11 Å². The first kappa shape index (κ1) is 24.5. The van der Waals surface area contributed by atoms with E-state index >= 15 is 0 Å². The topological polar surface area (TPSA) is 59.9 Å². The summed E-state index contributed by atoms with van der Waals surface area (Å²) in [5, 5.41) is 16.4. The van der Waals surface area contributed by atoms with E-state index in [2.05, 4.69) is 51.7 Å². The highest BCUT2D eigenvalue weighted by Gasteiger charge is 2.20. The number of nitrogens with zero attached hydrogens (tertiary/aromatic N) is 2. The molecule has 0 radical (unpaired) electrons. The molecule has 1 aliphatic rings. The lowest BCUT2D eigenvalue weighted by atomic mass is 10.0. The normalized spacial score (nSPS) is 15.5. The van der Waals surface area contributed by atoms with Crippen molar-refractivity contribution in [2.75, 3.05) is 26.7 Å². The van der Waals surface area contributed by atoms with Gasteiger partial charge in [0.2, 0.25) is 0 Å². The molecule has 1 saturated heterocycles. The first-order valence-corrected chi connectivity index (χ1v) is 10.7. The van der Waals surface area contributed by atoms with Crippen molar-refractivity contribution in [3.63, 3.8) is 0 Å². The fourth-order valence-corrected chi connectivity index (χ4v) is 3.81. The second kappa shape index (κ2) is 12.8. The van der Waals surface area contributed by atoms with Crippen molar-refractivity contribution in [3.8, 4) is 5.75 Å². The summed E-state index contributed by atoms with van der Waals surface area (Å²) in [5.41, 5.74) is 4.06. The first-order valence-electron chi connectivity index (χ1n) is 10.7. The van der Waals surface area contributed by atoms with E-state index in [0.29, 0.717) is 11.8 Å². The quantitative estimate of drug-likeness (QED) is 0.222. The molecule has 2 aromatic rings. The van der Waals surface area contributed by atoms with Crippen molar-refractivity contribution in [2.24, 2.45) is 4.99 Å². The Bertz CT molecular complexity index is 786. The Balaban J connectivity index is 0.00000320. The molecule has 1 heterocycles. The fourth-order valence-electron chi connectivity index (χ4n) is 3.81. The molecule has 30 heavy (non-hydrogen) atoms. The molecule has 0 unspecified atom stereocenters. The number of phenols is 1. The van der Waals surface area contributed by atoms with Crippen LogP contribution in [0.25, 0.3) is 0 Å². The van der Waals surface area contributed by atoms with Crippen LogP contribution in [0.4, 0.5) is 0 Å². The van der Waals surface area contributed by atoms with Crippen molar-refractivity contribution in [3.05, 3.63) is 65.2 Å². The Morgan fingerprint density at radius 2 is 1.80 bits per heavy atom. The minimum Gasteiger partial charge on any atom is -0.508 e. The number of piperidine rings is 1. The zero-order valence-corrected chi connectivity index (χ0v) is 20.4. The van der Waals surface area contributed by atoms with Crippen LogP contribution in [0.5, 0.6) is 5.75 Å². The minimum atomic E-state index is 0. The first-order chi connectivity index (χ1) is 14.1. The highest BCUT2D eigenvalue weighted by molar-refractivity contribution is 14.0. The Morgan fingerprint density at radius 3 is 2.47 bits per heavy atom. The molecular weight excluding hydrogens is 487 g/mol. The molecule has 0 aliphatic carbocycles. The average Bonchev–Trinajstić information content (AvgIpc) is 2.74. The van der Waals surface area contributed by atoms with E-state index in [1.165, 1.54) is 16.7 Å². The van der Waals surface area contributed by atoms with Gasteiger partial charge in [-0.3, -0.25) is 9.89 Å². The predicted octanol–water partition coefficient (Wildman–Crippen LogP) is 4.08. The van der Waals surface area contributed by atoms with Crippen molar-refractivity contribution in [1.82, 2.24) is 15.5 Å². The maximum Gasteiger partial charge on any atom is 0.191 e. The lowest BCUT2D eigenvalue weighted by Gasteiger charge is -2.33. The number of aromatic hydroxyl groups is 1. The summed E-state index contributed by atoms with van der Waals surface area (Å²) in [6.07, 6.45) is 4.29. The predicted molar refractivity (Wildman–Crippen MR) is 136 cm³/mol. The molecule has 5 nitrogen and oxygen atoms in total. The van der Waals surface area contributed by atoms with E-state index < -0.39 is 0 Å². The number of likely N-dealkylation sites (tertiary alicyclic amines) is 1. The standard InChI is InChI=1S/C24H34N4O.HI/c1-19-6-3-4-8-21(19)18-28-16-13-22(14-17-28)27-24(25-2)26-15-5-7-20-9-11-23(29)12-10-20;/h3-4,6,8-12,22,29H,5,7,13-18H2,1-2H3,(H2,25,26,27);1H. The van der Waals surface area contributed by atoms with Gasteiger partial charge in [-0.25, -0.2) is 0 Å². The van der Waals surface area contributed by atoms with Crippen LogP contribution < -0.4 is 10.6 Å². The molecule has 1 fully saturated rings. The summed E-state index contributed by atoms with van der Waals surface area (Å²) in [7, 11) is 1.84. The average molecular weight is 522 g/mol. The highest BCUT2D eigenvalue weighted by Crippen LogP contribution is 2.16. The van der Waals surface area contributed by atoms with Crippen LogP contribution in [-0.4, -0.2) is 48.7 Å². The molecule has 6 heteroatoms. The molecule has 0 atom stereocenters. The number of hydrogen-bond acceptors (Lipinski definition) is 3. The molecule has 3 N–H and O–H groups in total. The summed E-state index contributed by atoms with van der Waals surface area (Å²) in [4.78, 5) is 6.93. The van der Waals surface area contributed by atoms with Gasteiger partial charge in [0.15, 0.2) is 5.96 Å². The maximum atomic E-state index is 9.35. The third-order valence-electron chi connectivity index (χ3n) is 5.68.